The van der Waals surface area contributed by atoms with Gasteiger partial charge in [0.25, 0.3) is 0 Å². The second-order valence-corrected chi connectivity index (χ2v) is 8.00. The van der Waals surface area contributed by atoms with Gasteiger partial charge in [-0.15, -0.1) is 12.4 Å². The van der Waals surface area contributed by atoms with Gasteiger partial charge in [-0.1, -0.05) is 43.1 Å². The highest BCUT2D eigenvalue weighted by Crippen LogP contribution is 2.49. The zero-order chi connectivity index (χ0) is 18.1. The van der Waals surface area contributed by atoms with Gasteiger partial charge < -0.3 is 15.8 Å². The second-order valence-electron chi connectivity index (χ2n) is 7.16. The molecule has 7 heteroatoms. The number of nitrogens with one attached hydrogen (secondary N) is 1. The van der Waals surface area contributed by atoms with Crippen LogP contribution in [0.4, 0.5) is 0 Å². The van der Waals surface area contributed by atoms with Gasteiger partial charge in [0.15, 0.2) is 0 Å². The van der Waals surface area contributed by atoms with E-state index in [-0.39, 0.29) is 30.5 Å². The predicted molar refractivity (Wildman–Crippen MR) is 106 cm³/mol. The summed E-state index contributed by atoms with van der Waals surface area (Å²) in [5, 5.41) is 4.22. The highest BCUT2D eigenvalue weighted by atomic mass is 35.5. The number of hydrogen-bond acceptors (Lipinski definition) is 3. The molecular formula is C18H27Cl3N2O2. The first-order valence-corrected chi connectivity index (χ1v) is 9.02. The lowest BCUT2D eigenvalue weighted by molar-refractivity contribution is -0.171. The van der Waals surface area contributed by atoms with Crippen LogP contribution in [0.2, 0.25) is 10.0 Å². The summed E-state index contributed by atoms with van der Waals surface area (Å²) in [6, 6.07) is 5.30. The summed E-state index contributed by atoms with van der Waals surface area (Å²) in [5.74, 6) is -0.138. The summed E-state index contributed by atoms with van der Waals surface area (Å²) in [5.41, 5.74) is 6.04. The van der Waals surface area contributed by atoms with Crippen molar-refractivity contribution in [1.82, 2.24) is 5.32 Å². The summed E-state index contributed by atoms with van der Waals surface area (Å²) < 4.78 is 5.68. The third kappa shape index (κ3) is 4.42. The third-order valence-electron chi connectivity index (χ3n) is 5.15. The molecule has 1 aromatic rings. The fourth-order valence-electron chi connectivity index (χ4n) is 3.24. The second kappa shape index (κ2) is 8.45. The smallest absolute Gasteiger partial charge is 0.241 e. The Kier molecular flexibility index (Phi) is 7.61. The van der Waals surface area contributed by atoms with Crippen LogP contribution >= 0.6 is 35.6 Å². The van der Waals surface area contributed by atoms with Crippen LogP contribution in [0.1, 0.15) is 39.7 Å². The molecule has 1 aromatic carbocycles. The van der Waals surface area contributed by atoms with Gasteiger partial charge in [0.05, 0.1) is 6.10 Å². The molecule has 2 rings (SSSR count). The normalized spacial score (nSPS) is 25.5. The molecule has 4 nitrogen and oxygen atoms in total. The van der Waals surface area contributed by atoms with E-state index in [4.69, 9.17) is 33.7 Å². The SMILES string of the molecule is CCOC1CC(N)(C(=O)NC(C)Cc2ccc(Cl)cc2Cl)C1(C)C.Cl. The quantitative estimate of drug-likeness (QED) is 0.746. The summed E-state index contributed by atoms with van der Waals surface area (Å²) in [6.45, 7) is 8.48. The Morgan fingerprint density at radius 1 is 1.44 bits per heavy atom. The minimum Gasteiger partial charge on any atom is -0.378 e. The minimum absolute atomic E-state index is 0. The molecule has 25 heavy (non-hydrogen) atoms. The monoisotopic (exact) mass is 408 g/mol. The van der Waals surface area contributed by atoms with E-state index in [2.05, 4.69) is 5.32 Å². The highest BCUT2D eigenvalue weighted by molar-refractivity contribution is 6.35. The molecule has 3 N–H and O–H groups in total. The Labute approximate surface area is 166 Å². The predicted octanol–water partition coefficient (Wildman–Crippen LogP) is 3.99. The molecule has 3 atom stereocenters. The van der Waals surface area contributed by atoms with Crippen molar-refractivity contribution in [1.29, 1.82) is 0 Å². The topological polar surface area (TPSA) is 64.3 Å². The molecule has 0 saturated heterocycles. The van der Waals surface area contributed by atoms with E-state index in [0.717, 1.165) is 5.56 Å². The number of amides is 1. The van der Waals surface area contributed by atoms with Gasteiger partial charge in [-0.05, 0) is 38.0 Å². The molecule has 0 aromatic heterocycles. The van der Waals surface area contributed by atoms with Crippen molar-refractivity contribution in [2.45, 2.75) is 58.2 Å². The maximum atomic E-state index is 12.7. The molecule has 1 amide bonds. The van der Waals surface area contributed by atoms with Crippen molar-refractivity contribution < 1.29 is 9.53 Å². The third-order valence-corrected chi connectivity index (χ3v) is 5.74. The van der Waals surface area contributed by atoms with Gasteiger partial charge in [-0.3, -0.25) is 4.79 Å². The van der Waals surface area contributed by atoms with Crippen LogP contribution in [0.15, 0.2) is 18.2 Å². The molecule has 0 spiro atoms. The Balaban J connectivity index is 0.00000312. The van der Waals surface area contributed by atoms with Gasteiger partial charge in [0, 0.05) is 34.5 Å². The standard InChI is InChI=1S/C18H26Cl2N2O2.ClH/c1-5-24-15-10-18(21,17(15,3)4)16(23)22-11(2)8-12-6-7-13(19)9-14(12)20;/h6-7,9,11,15H,5,8,10,21H2,1-4H3,(H,22,23);1H. The summed E-state index contributed by atoms with van der Waals surface area (Å²) in [7, 11) is 0. The van der Waals surface area contributed by atoms with E-state index in [1.54, 1.807) is 12.1 Å². The lowest BCUT2D eigenvalue weighted by atomic mass is 9.54. The number of nitrogens with two attached hydrogens (primary N) is 1. The van der Waals surface area contributed by atoms with Crippen molar-refractivity contribution in [2.24, 2.45) is 11.1 Å². The molecule has 0 radical (unpaired) electrons. The number of ether oxygens (including phenoxy) is 1. The van der Waals surface area contributed by atoms with Gasteiger partial charge in [0.2, 0.25) is 5.91 Å². The van der Waals surface area contributed by atoms with Gasteiger partial charge in [-0.2, -0.15) is 0 Å². The molecule has 142 valence electrons. The number of rotatable bonds is 6. The van der Waals surface area contributed by atoms with Crippen molar-refractivity contribution in [3.63, 3.8) is 0 Å². The maximum Gasteiger partial charge on any atom is 0.241 e. The first-order valence-electron chi connectivity index (χ1n) is 8.27. The summed E-state index contributed by atoms with van der Waals surface area (Å²) in [4.78, 5) is 12.7. The molecular weight excluding hydrogens is 383 g/mol. The lowest BCUT2D eigenvalue weighted by Gasteiger charge is -2.57. The highest BCUT2D eigenvalue weighted by Gasteiger charge is 2.62. The molecule has 0 heterocycles. The zero-order valence-corrected chi connectivity index (χ0v) is 17.4. The van der Waals surface area contributed by atoms with Crippen molar-refractivity contribution in [3.05, 3.63) is 33.8 Å². The molecule has 0 aliphatic heterocycles. The molecule has 1 saturated carbocycles. The van der Waals surface area contributed by atoms with E-state index in [1.165, 1.54) is 0 Å². The molecule has 0 bridgehead atoms. The Bertz CT molecular complexity index is 624. The Morgan fingerprint density at radius 2 is 2.08 bits per heavy atom. The van der Waals surface area contributed by atoms with Gasteiger partial charge >= 0.3 is 0 Å². The van der Waals surface area contributed by atoms with E-state index in [1.807, 2.05) is 33.8 Å². The number of hydrogen-bond donors (Lipinski definition) is 2. The first kappa shape index (κ1) is 22.5. The molecule has 1 aliphatic carbocycles. The van der Waals surface area contributed by atoms with Crippen molar-refractivity contribution in [3.8, 4) is 0 Å². The fourth-order valence-corrected chi connectivity index (χ4v) is 3.73. The first-order chi connectivity index (χ1) is 11.1. The van der Waals surface area contributed by atoms with Crippen LogP contribution in [-0.4, -0.2) is 30.2 Å². The van der Waals surface area contributed by atoms with E-state index in [0.29, 0.717) is 29.5 Å². The van der Waals surface area contributed by atoms with Crippen molar-refractivity contribution in [2.75, 3.05) is 6.61 Å². The summed E-state index contributed by atoms with van der Waals surface area (Å²) >= 11 is 12.1. The number of carbonyl (C=O) groups is 1. The zero-order valence-electron chi connectivity index (χ0n) is 15.1. The van der Waals surface area contributed by atoms with E-state index in [9.17, 15) is 4.79 Å². The largest absolute Gasteiger partial charge is 0.378 e. The number of halogens is 3. The summed E-state index contributed by atoms with van der Waals surface area (Å²) in [6.07, 6.45) is 1.17. The molecule has 3 unspecified atom stereocenters. The van der Waals surface area contributed by atoms with Crippen LogP contribution in [0.3, 0.4) is 0 Å². The van der Waals surface area contributed by atoms with Gasteiger partial charge in [-0.25, -0.2) is 0 Å². The average Bonchev–Trinajstić information content (AvgIpc) is 2.49. The van der Waals surface area contributed by atoms with Crippen LogP contribution < -0.4 is 11.1 Å². The molecule has 1 fully saturated rings. The van der Waals surface area contributed by atoms with Gasteiger partial charge in [0.1, 0.15) is 5.54 Å². The fraction of sp³-hybridized carbons (Fsp3) is 0.611. The minimum atomic E-state index is -0.912. The van der Waals surface area contributed by atoms with E-state index >= 15 is 0 Å². The van der Waals surface area contributed by atoms with Crippen LogP contribution in [0.5, 0.6) is 0 Å². The lowest BCUT2D eigenvalue weighted by Crippen LogP contribution is -2.76. The number of benzene rings is 1. The Morgan fingerprint density at radius 3 is 2.60 bits per heavy atom. The maximum absolute atomic E-state index is 12.7. The van der Waals surface area contributed by atoms with E-state index < -0.39 is 11.0 Å². The van der Waals surface area contributed by atoms with Crippen LogP contribution in [0.25, 0.3) is 0 Å². The molecule has 1 aliphatic rings. The number of carbonyl (C=O) groups excluding carboxylic acids is 1. The van der Waals surface area contributed by atoms with Crippen LogP contribution in [0, 0.1) is 5.41 Å². The van der Waals surface area contributed by atoms with Crippen LogP contribution in [-0.2, 0) is 16.0 Å². The van der Waals surface area contributed by atoms with Crippen molar-refractivity contribution >= 4 is 41.5 Å². The Hall–Kier alpha value is -0.520. The average molecular weight is 410 g/mol.